The van der Waals surface area contributed by atoms with E-state index >= 15 is 0 Å². The van der Waals surface area contributed by atoms with Crippen molar-refractivity contribution < 1.29 is 23.8 Å². The number of pyridine rings is 1. The van der Waals surface area contributed by atoms with Crippen LogP contribution in [0.4, 0.5) is 4.39 Å². The molecule has 0 fully saturated rings. The van der Waals surface area contributed by atoms with Gasteiger partial charge >= 0.3 is 0 Å². The molecule has 0 saturated heterocycles. The molecule has 1 aliphatic rings. The first-order valence-electron chi connectivity index (χ1n) is 9.96. The minimum Gasteiger partial charge on any atom is -0.472 e. The Bertz CT molecular complexity index is 956. The van der Waals surface area contributed by atoms with Gasteiger partial charge in [0, 0.05) is 35.7 Å². The van der Waals surface area contributed by atoms with Gasteiger partial charge in [-0.05, 0) is 53.2 Å². The molecule has 0 radical (unpaired) electrons. The maximum absolute atomic E-state index is 13.2. The van der Waals surface area contributed by atoms with Gasteiger partial charge in [-0.3, -0.25) is 9.59 Å². The van der Waals surface area contributed by atoms with Crippen LogP contribution in [0.25, 0.3) is 0 Å². The van der Waals surface area contributed by atoms with E-state index < -0.39 is 11.9 Å². The minimum absolute atomic E-state index is 0.153. The average molecular weight is 494 g/mol. The summed E-state index contributed by atoms with van der Waals surface area (Å²) in [5.41, 5.74) is 0.662. The molecule has 1 aromatic heterocycles. The Kier molecular flexibility index (Phi) is 7.27. The molecule has 3 atom stereocenters. The van der Waals surface area contributed by atoms with Gasteiger partial charge in [-0.15, -0.1) is 0 Å². The van der Waals surface area contributed by atoms with E-state index in [2.05, 4.69) is 20.9 Å². The molecule has 1 aromatic carbocycles. The number of hydrogen-bond donors (Lipinski definition) is 1. The molecule has 7 nitrogen and oxygen atoms in total. The second kappa shape index (κ2) is 9.74. The van der Waals surface area contributed by atoms with Gasteiger partial charge in [-0.2, -0.15) is 0 Å². The predicted molar refractivity (Wildman–Crippen MR) is 116 cm³/mol. The van der Waals surface area contributed by atoms with Crippen LogP contribution in [-0.4, -0.2) is 70.6 Å². The zero-order valence-corrected chi connectivity index (χ0v) is 19.2. The summed E-state index contributed by atoms with van der Waals surface area (Å²) in [4.78, 5) is 33.3. The Labute approximate surface area is 189 Å². The highest BCUT2D eigenvalue weighted by Crippen LogP contribution is 2.28. The number of ether oxygens (including phenoxy) is 1. The second-order valence-corrected chi connectivity index (χ2v) is 8.74. The van der Waals surface area contributed by atoms with Crippen molar-refractivity contribution >= 4 is 27.7 Å². The monoisotopic (exact) mass is 493 g/mol. The number of likely N-dealkylation sites (N-methyl/N-ethyl adjacent to an activating group) is 1. The van der Waals surface area contributed by atoms with E-state index in [1.807, 2.05) is 6.92 Å². The fraction of sp³-hybridized carbons (Fsp3) is 0.409. The second-order valence-electron chi connectivity index (χ2n) is 7.82. The number of aliphatic hydroxyl groups is 1. The number of amides is 2. The normalized spacial score (nSPS) is 19.7. The molecule has 2 heterocycles. The fourth-order valence-corrected chi connectivity index (χ4v) is 3.79. The maximum atomic E-state index is 13.2. The van der Waals surface area contributed by atoms with Crippen LogP contribution in [0.3, 0.4) is 0 Å². The summed E-state index contributed by atoms with van der Waals surface area (Å²) >= 11 is 3.34. The minimum atomic E-state index is -0.455. The van der Waals surface area contributed by atoms with Crippen molar-refractivity contribution in [1.29, 1.82) is 0 Å². The van der Waals surface area contributed by atoms with Gasteiger partial charge in [0.15, 0.2) is 0 Å². The molecule has 0 saturated carbocycles. The van der Waals surface area contributed by atoms with E-state index in [0.29, 0.717) is 22.1 Å². The fourth-order valence-electron chi connectivity index (χ4n) is 3.46. The van der Waals surface area contributed by atoms with Gasteiger partial charge < -0.3 is 19.6 Å². The lowest BCUT2D eigenvalue weighted by molar-refractivity contribution is 0.0313. The first-order chi connectivity index (χ1) is 14.7. The van der Waals surface area contributed by atoms with Crippen molar-refractivity contribution in [3.8, 4) is 5.88 Å². The van der Waals surface area contributed by atoms with Crippen molar-refractivity contribution in [3.05, 3.63) is 57.9 Å². The standard InChI is InChI=1S/C22H25BrFN3O4/c1-13-10-27(14(2)12-28)22(30)18-8-16(23)9-25-20(18)31-19(13)11-26(3)21(29)15-4-6-17(24)7-5-15/h4-9,13-14,19,28H,10-12H2,1-3H3/t13-,14+,19-/m0/s1. The van der Waals surface area contributed by atoms with Gasteiger partial charge in [-0.1, -0.05) is 6.92 Å². The number of benzene rings is 1. The van der Waals surface area contributed by atoms with Gasteiger partial charge in [0.05, 0.1) is 19.2 Å². The lowest BCUT2D eigenvalue weighted by Gasteiger charge is -2.37. The molecule has 0 spiro atoms. The molecule has 2 amide bonds. The van der Waals surface area contributed by atoms with Crippen molar-refractivity contribution in [2.75, 3.05) is 26.7 Å². The molecule has 3 rings (SSSR count). The molecular formula is C22H25BrFN3O4. The van der Waals surface area contributed by atoms with E-state index in [1.54, 1.807) is 31.1 Å². The summed E-state index contributed by atoms with van der Waals surface area (Å²) in [7, 11) is 1.65. The molecule has 1 aliphatic heterocycles. The SMILES string of the molecule is C[C@H](CO)N1C[C@H](C)[C@H](CN(C)C(=O)c2ccc(F)cc2)Oc2ncc(Br)cc2C1=O. The summed E-state index contributed by atoms with van der Waals surface area (Å²) < 4.78 is 19.9. The number of aromatic nitrogens is 1. The zero-order chi connectivity index (χ0) is 22.7. The third-order valence-corrected chi connectivity index (χ3v) is 5.81. The van der Waals surface area contributed by atoms with Gasteiger partial charge in [0.25, 0.3) is 11.8 Å². The quantitative estimate of drug-likeness (QED) is 0.692. The molecule has 31 heavy (non-hydrogen) atoms. The van der Waals surface area contributed by atoms with Gasteiger partial charge in [0.2, 0.25) is 5.88 Å². The topological polar surface area (TPSA) is 83.0 Å². The number of fused-ring (bicyclic) bond motifs is 1. The van der Waals surface area contributed by atoms with Crippen LogP contribution in [0.1, 0.15) is 34.6 Å². The summed E-state index contributed by atoms with van der Waals surface area (Å²) in [6.45, 7) is 4.11. The van der Waals surface area contributed by atoms with Crippen LogP contribution >= 0.6 is 15.9 Å². The number of carbonyl (C=O) groups is 2. The van der Waals surface area contributed by atoms with Gasteiger partial charge in [-0.25, -0.2) is 9.37 Å². The van der Waals surface area contributed by atoms with Crippen LogP contribution < -0.4 is 4.74 Å². The molecule has 0 aliphatic carbocycles. The predicted octanol–water partition coefficient (Wildman–Crippen LogP) is 2.98. The number of carbonyl (C=O) groups excluding carboxylic acids is 2. The number of halogens is 2. The zero-order valence-electron chi connectivity index (χ0n) is 17.6. The third kappa shape index (κ3) is 5.22. The molecule has 166 valence electrons. The summed E-state index contributed by atoms with van der Waals surface area (Å²) in [5, 5.41) is 9.66. The molecule has 1 N–H and O–H groups in total. The highest BCUT2D eigenvalue weighted by Gasteiger charge is 2.34. The van der Waals surface area contributed by atoms with Crippen molar-refractivity contribution in [2.45, 2.75) is 26.0 Å². The molecule has 0 unspecified atom stereocenters. The lowest BCUT2D eigenvalue weighted by atomic mass is 10.00. The third-order valence-electron chi connectivity index (χ3n) is 5.38. The Hall–Kier alpha value is -2.52. The Morgan fingerprint density at radius 1 is 1.42 bits per heavy atom. The van der Waals surface area contributed by atoms with Crippen molar-refractivity contribution in [1.82, 2.24) is 14.8 Å². The van der Waals surface area contributed by atoms with E-state index in [9.17, 15) is 19.1 Å². The Morgan fingerprint density at radius 3 is 2.74 bits per heavy atom. The van der Waals surface area contributed by atoms with E-state index in [0.717, 1.165) is 0 Å². The maximum Gasteiger partial charge on any atom is 0.259 e. The van der Waals surface area contributed by atoms with E-state index in [-0.39, 0.29) is 42.8 Å². The van der Waals surface area contributed by atoms with E-state index in [4.69, 9.17) is 4.74 Å². The molecule has 0 bridgehead atoms. The van der Waals surface area contributed by atoms with E-state index in [1.165, 1.54) is 29.2 Å². The van der Waals surface area contributed by atoms with Crippen LogP contribution in [-0.2, 0) is 0 Å². The van der Waals surface area contributed by atoms with Crippen LogP contribution in [0.15, 0.2) is 41.0 Å². The number of aliphatic hydroxyl groups excluding tert-OH is 1. The van der Waals surface area contributed by atoms with Crippen LogP contribution in [0.5, 0.6) is 5.88 Å². The smallest absolute Gasteiger partial charge is 0.259 e. The largest absolute Gasteiger partial charge is 0.472 e. The first-order valence-corrected chi connectivity index (χ1v) is 10.8. The van der Waals surface area contributed by atoms with Crippen LogP contribution in [0, 0.1) is 11.7 Å². The first kappa shape index (κ1) is 23.1. The summed E-state index contributed by atoms with van der Waals surface area (Å²) in [5.74, 6) is -0.916. The highest BCUT2D eigenvalue weighted by molar-refractivity contribution is 9.10. The summed E-state index contributed by atoms with van der Waals surface area (Å²) in [6, 6.07) is 6.62. The Balaban J connectivity index is 1.89. The van der Waals surface area contributed by atoms with Crippen molar-refractivity contribution in [2.24, 2.45) is 5.92 Å². The number of rotatable bonds is 5. The van der Waals surface area contributed by atoms with Gasteiger partial charge in [0.1, 0.15) is 17.5 Å². The Morgan fingerprint density at radius 2 is 2.10 bits per heavy atom. The molecule has 9 heteroatoms. The summed E-state index contributed by atoms with van der Waals surface area (Å²) in [6.07, 6.45) is 1.09. The molecular weight excluding hydrogens is 469 g/mol. The number of nitrogens with zero attached hydrogens (tertiary/aromatic N) is 3. The highest BCUT2D eigenvalue weighted by atomic mass is 79.9. The molecule has 2 aromatic rings. The van der Waals surface area contributed by atoms with Crippen LogP contribution in [0.2, 0.25) is 0 Å². The lowest BCUT2D eigenvalue weighted by Crippen LogP contribution is -2.50. The van der Waals surface area contributed by atoms with Crippen molar-refractivity contribution in [3.63, 3.8) is 0 Å². The average Bonchev–Trinajstić information content (AvgIpc) is 2.76. The number of hydrogen-bond acceptors (Lipinski definition) is 5.